The number of amides is 2. The lowest BCUT2D eigenvalue weighted by Crippen LogP contribution is -2.33. The van der Waals surface area contributed by atoms with Crippen molar-refractivity contribution >= 4 is 23.1 Å². The van der Waals surface area contributed by atoms with Crippen LogP contribution < -0.4 is 10.6 Å². The molecular weight excluding hydrogens is 334 g/mol. The van der Waals surface area contributed by atoms with Crippen LogP contribution in [0, 0.1) is 11.6 Å². The fourth-order valence-electron chi connectivity index (χ4n) is 2.32. The molecule has 3 aromatic rings. The van der Waals surface area contributed by atoms with E-state index in [0.717, 1.165) is 17.7 Å². The van der Waals surface area contributed by atoms with Crippen molar-refractivity contribution in [3.63, 3.8) is 0 Å². The number of thiophene rings is 1. The maximum Gasteiger partial charge on any atom is 0.319 e. The lowest BCUT2D eigenvalue weighted by atomic mass is 9.99. The monoisotopic (exact) mass is 348 g/mol. The number of carbonyl (C=O) groups is 1. The fraction of sp³-hybridized carbons (Fsp3) is 0.118. The van der Waals surface area contributed by atoms with Crippen molar-refractivity contribution in [3.8, 4) is 0 Å². The molecule has 1 atom stereocenters. The maximum atomic E-state index is 13.6. The minimum Gasteiger partial charge on any atom is -0.469 e. The van der Waals surface area contributed by atoms with Crippen LogP contribution in [0.1, 0.15) is 17.2 Å². The topological polar surface area (TPSA) is 54.3 Å². The van der Waals surface area contributed by atoms with E-state index >= 15 is 0 Å². The van der Waals surface area contributed by atoms with Crippen LogP contribution in [0.2, 0.25) is 0 Å². The Morgan fingerprint density at radius 1 is 1.17 bits per heavy atom. The first-order chi connectivity index (χ1) is 11.6. The van der Waals surface area contributed by atoms with Gasteiger partial charge in [0.2, 0.25) is 0 Å². The number of para-hydroxylation sites is 1. The average molecular weight is 348 g/mol. The molecule has 0 aliphatic heterocycles. The number of hydrogen-bond donors (Lipinski definition) is 2. The molecule has 2 aromatic heterocycles. The molecule has 124 valence electrons. The van der Waals surface area contributed by atoms with Crippen molar-refractivity contribution < 1.29 is 18.0 Å². The quantitative estimate of drug-likeness (QED) is 0.709. The lowest BCUT2D eigenvalue weighted by Gasteiger charge is -2.15. The number of carbonyl (C=O) groups excluding carboxylic acids is 1. The summed E-state index contributed by atoms with van der Waals surface area (Å²) in [6.45, 7) is 0.228. The molecule has 0 radical (unpaired) electrons. The van der Waals surface area contributed by atoms with Gasteiger partial charge in [0.05, 0.1) is 12.2 Å². The van der Waals surface area contributed by atoms with Crippen molar-refractivity contribution in [3.05, 3.63) is 76.4 Å². The molecule has 2 heterocycles. The number of hydrogen-bond acceptors (Lipinski definition) is 3. The summed E-state index contributed by atoms with van der Waals surface area (Å²) in [7, 11) is 0. The maximum absolute atomic E-state index is 13.6. The molecule has 4 nitrogen and oxygen atoms in total. The first-order valence-corrected chi connectivity index (χ1v) is 8.14. The summed E-state index contributed by atoms with van der Waals surface area (Å²) >= 11 is 1.54. The van der Waals surface area contributed by atoms with Gasteiger partial charge in [0.25, 0.3) is 0 Å². The number of benzene rings is 1. The highest BCUT2D eigenvalue weighted by Gasteiger charge is 2.19. The summed E-state index contributed by atoms with van der Waals surface area (Å²) in [5, 5.41) is 8.71. The molecule has 24 heavy (non-hydrogen) atoms. The molecule has 2 N–H and O–H groups in total. The van der Waals surface area contributed by atoms with Crippen LogP contribution in [0.3, 0.4) is 0 Å². The highest BCUT2D eigenvalue weighted by Crippen LogP contribution is 2.26. The molecule has 0 bridgehead atoms. The number of halogens is 2. The molecule has 2 amide bonds. The zero-order chi connectivity index (χ0) is 16.9. The van der Waals surface area contributed by atoms with Crippen LogP contribution >= 0.6 is 11.3 Å². The van der Waals surface area contributed by atoms with Gasteiger partial charge in [-0.25, -0.2) is 13.6 Å². The van der Waals surface area contributed by atoms with Crippen LogP contribution in [-0.2, 0) is 0 Å². The SMILES string of the molecule is O=C(NCC(c1ccsc1)c1ccco1)Nc1c(F)cccc1F. The molecular formula is C17H14F2N2O2S. The minimum absolute atomic E-state index is 0.178. The predicted octanol–water partition coefficient (Wildman–Crippen LogP) is 4.57. The third-order valence-corrected chi connectivity index (χ3v) is 4.20. The second-order valence-corrected chi connectivity index (χ2v) is 5.84. The predicted molar refractivity (Wildman–Crippen MR) is 88.2 cm³/mol. The highest BCUT2D eigenvalue weighted by molar-refractivity contribution is 7.08. The Bertz CT molecular complexity index is 750. The Balaban J connectivity index is 1.68. The van der Waals surface area contributed by atoms with E-state index in [2.05, 4.69) is 10.6 Å². The standard InChI is InChI=1S/C17H14F2N2O2S/c18-13-3-1-4-14(19)16(13)21-17(22)20-9-12(11-6-8-24-10-11)15-5-2-7-23-15/h1-8,10,12H,9H2,(H2,20,21,22). The molecule has 1 unspecified atom stereocenters. The van der Waals surface area contributed by atoms with Crippen LogP contribution in [0.15, 0.2) is 57.8 Å². The fourth-order valence-corrected chi connectivity index (χ4v) is 3.03. The smallest absolute Gasteiger partial charge is 0.319 e. The van der Waals surface area contributed by atoms with Gasteiger partial charge >= 0.3 is 6.03 Å². The zero-order valence-corrected chi connectivity index (χ0v) is 13.3. The van der Waals surface area contributed by atoms with Crippen LogP contribution in [0.5, 0.6) is 0 Å². The van der Waals surface area contributed by atoms with Crippen LogP contribution in [-0.4, -0.2) is 12.6 Å². The molecule has 0 spiro atoms. The Hall–Kier alpha value is -2.67. The number of furan rings is 1. The first-order valence-electron chi connectivity index (χ1n) is 7.19. The molecule has 0 saturated heterocycles. The molecule has 0 aliphatic rings. The number of urea groups is 1. The lowest BCUT2D eigenvalue weighted by molar-refractivity contribution is 0.251. The van der Waals surface area contributed by atoms with Crippen molar-refractivity contribution in [2.24, 2.45) is 0 Å². The average Bonchev–Trinajstić information content (AvgIpc) is 3.25. The molecule has 0 saturated carbocycles. The van der Waals surface area contributed by atoms with Gasteiger partial charge < -0.3 is 15.1 Å². The Morgan fingerprint density at radius 2 is 1.96 bits per heavy atom. The molecule has 0 fully saturated rings. The van der Waals surface area contributed by atoms with Gasteiger partial charge in [-0.1, -0.05) is 6.07 Å². The minimum atomic E-state index is -0.828. The number of anilines is 1. The summed E-state index contributed by atoms with van der Waals surface area (Å²) in [6.07, 6.45) is 1.56. The van der Waals surface area contributed by atoms with Crippen molar-refractivity contribution in [2.75, 3.05) is 11.9 Å². The van der Waals surface area contributed by atoms with E-state index in [1.165, 1.54) is 17.4 Å². The third kappa shape index (κ3) is 3.62. The summed E-state index contributed by atoms with van der Waals surface area (Å²) in [5.41, 5.74) is 0.521. The molecule has 7 heteroatoms. The van der Waals surface area contributed by atoms with E-state index in [4.69, 9.17) is 4.42 Å². The first kappa shape index (κ1) is 16.2. The summed E-state index contributed by atoms with van der Waals surface area (Å²) in [6, 6.07) is 8.23. The van der Waals surface area contributed by atoms with E-state index in [-0.39, 0.29) is 12.5 Å². The summed E-state index contributed by atoms with van der Waals surface area (Å²) in [4.78, 5) is 12.0. The highest BCUT2D eigenvalue weighted by atomic mass is 32.1. The van der Waals surface area contributed by atoms with Crippen molar-refractivity contribution in [2.45, 2.75) is 5.92 Å². The van der Waals surface area contributed by atoms with E-state index in [0.29, 0.717) is 5.76 Å². The third-order valence-electron chi connectivity index (χ3n) is 3.50. The van der Waals surface area contributed by atoms with Gasteiger partial charge in [-0.3, -0.25) is 0 Å². The van der Waals surface area contributed by atoms with Gasteiger partial charge in [0.15, 0.2) is 0 Å². The Labute approximate surface area is 141 Å². The zero-order valence-electron chi connectivity index (χ0n) is 12.5. The van der Waals surface area contributed by atoms with Gasteiger partial charge in [0, 0.05) is 6.54 Å². The largest absolute Gasteiger partial charge is 0.469 e. The summed E-state index contributed by atoms with van der Waals surface area (Å²) in [5.74, 6) is -1.13. The molecule has 3 rings (SSSR count). The van der Waals surface area contributed by atoms with Gasteiger partial charge in [0.1, 0.15) is 23.1 Å². The second-order valence-electron chi connectivity index (χ2n) is 5.06. The Morgan fingerprint density at radius 3 is 2.58 bits per heavy atom. The van der Waals surface area contributed by atoms with E-state index in [1.807, 2.05) is 22.9 Å². The molecule has 0 aliphatic carbocycles. The second kappa shape index (κ2) is 7.27. The van der Waals surface area contributed by atoms with Gasteiger partial charge in [-0.15, -0.1) is 0 Å². The van der Waals surface area contributed by atoms with E-state index in [1.54, 1.807) is 12.3 Å². The van der Waals surface area contributed by atoms with Crippen molar-refractivity contribution in [1.82, 2.24) is 5.32 Å². The van der Waals surface area contributed by atoms with Gasteiger partial charge in [-0.2, -0.15) is 11.3 Å². The van der Waals surface area contributed by atoms with E-state index < -0.39 is 23.4 Å². The van der Waals surface area contributed by atoms with E-state index in [9.17, 15) is 13.6 Å². The van der Waals surface area contributed by atoms with Crippen molar-refractivity contribution in [1.29, 1.82) is 0 Å². The molecule has 1 aromatic carbocycles. The summed E-state index contributed by atoms with van der Waals surface area (Å²) < 4.78 is 32.5. The number of nitrogens with one attached hydrogen (secondary N) is 2. The van der Waals surface area contributed by atoms with Crippen LogP contribution in [0.4, 0.5) is 19.3 Å². The Kier molecular flexibility index (Phi) is 4.90. The normalized spacial score (nSPS) is 11.9. The number of rotatable bonds is 5. The van der Waals surface area contributed by atoms with Crippen LogP contribution in [0.25, 0.3) is 0 Å². The van der Waals surface area contributed by atoms with Gasteiger partial charge in [-0.05, 0) is 46.7 Å².